The number of nitrogens with two attached hydrogens (primary N) is 1. The van der Waals surface area contributed by atoms with Crippen LogP contribution >= 0.6 is 0 Å². The van der Waals surface area contributed by atoms with E-state index < -0.39 is 23.6 Å². The molecule has 0 aromatic heterocycles. The van der Waals surface area contributed by atoms with Gasteiger partial charge in [-0.25, -0.2) is 10.6 Å². The van der Waals surface area contributed by atoms with Gasteiger partial charge in [-0.2, -0.15) is 0 Å². The molecule has 0 atom stereocenters. The summed E-state index contributed by atoms with van der Waals surface area (Å²) in [5, 5.41) is 0. The lowest BCUT2D eigenvalue weighted by atomic mass is 10.3. The van der Waals surface area contributed by atoms with Gasteiger partial charge in [0.15, 0.2) is 0 Å². The van der Waals surface area contributed by atoms with Gasteiger partial charge in [-0.05, 0) is 13.5 Å². The smallest absolute Gasteiger partial charge is 0.373 e. The molecule has 7 nitrogen and oxygen atoms in total. The SMILES string of the molecule is C=C(OC(=O)CCC(=O)NN)C(=O)OCC. The molecule has 16 heavy (non-hydrogen) atoms. The molecule has 0 heterocycles. The van der Waals surface area contributed by atoms with Crippen LogP contribution in [0.25, 0.3) is 0 Å². The minimum atomic E-state index is -0.806. The summed E-state index contributed by atoms with van der Waals surface area (Å²) in [6.45, 7) is 4.99. The van der Waals surface area contributed by atoms with Crippen LogP contribution in [0.4, 0.5) is 0 Å². The quantitative estimate of drug-likeness (QED) is 0.157. The van der Waals surface area contributed by atoms with Gasteiger partial charge in [0.2, 0.25) is 11.7 Å². The van der Waals surface area contributed by atoms with E-state index in [1.54, 1.807) is 6.92 Å². The number of ether oxygens (including phenoxy) is 2. The maximum atomic E-state index is 11.1. The van der Waals surface area contributed by atoms with Crippen molar-refractivity contribution in [3.8, 4) is 0 Å². The van der Waals surface area contributed by atoms with Crippen LogP contribution < -0.4 is 11.3 Å². The first-order valence-corrected chi connectivity index (χ1v) is 4.57. The molecule has 0 aliphatic heterocycles. The van der Waals surface area contributed by atoms with E-state index in [9.17, 15) is 14.4 Å². The van der Waals surface area contributed by atoms with E-state index in [2.05, 4.69) is 16.1 Å². The first-order chi connectivity index (χ1) is 7.51. The molecule has 0 aromatic carbocycles. The predicted molar refractivity (Wildman–Crippen MR) is 53.4 cm³/mol. The Morgan fingerprint density at radius 3 is 2.44 bits per heavy atom. The number of esters is 2. The Labute approximate surface area is 92.5 Å². The number of carbonyl (C=O) groups is 3. The Morgan fingerprint density at radius 2 is 1.94 bits per heavy atom. The molecule has 3 N–H and O–H groups in total. The highest BCUT2D eigenvalue weighted by Gasteiger charge is 2.14. The van der Waals surface area contributed by atoms with E-state index >= 15 is 0 Å². The molecule has 0 radical (unpaired) electrons. The zero-order valence-corrected chi connectivity index (χ0v) is 8.95. The van der Waals surface area contributed by atoms with Gasteiger partial charge in [0, 0.05) is 6.42 Å². The largest absolute Gasteiger partial charge is 0.460 e. The molecule has 0 fully saturated rings. The van der Waals surface area contributed by atoms with Crippen molar-refractivity contribution in [2.45, 2.75) is 19.8 Å². The first-order valence-electron chi connectivity index (χ1n) is 4.57. The molecule has 0 aliphatic carbocycles. The fourth-order valence-electron chi connectivity index (χ4n) is 0.729. The highest BCUT2D eigenvalue weighted by atomic mass is 16.6. The van der Waals surface area contributed by atoms with E-state index in [0.29, 0.717) is 0 Å². The maximum absolute atomic E-state index is 11.1. The highest BCUT2D eigenvalue weighted by molar-refractivity contribution is 5.89. The second-order valence-corrected chi connectivity index (χ2v) is 2.69. The van der Waals surface area contributed by atoms with Crippen LogP contribution in [0.5, 0.6) is 0 Å². The molecule has 0 aliphatic rings. The van der Waals surface area contributed by atoms with Crippen LogP contribution in [0.15, 0.2) is 12.3 Å². The third kappa shape index (κ3) is 5.76. The van der Waals surface area contributed by atoms with Crippen molar-refractivity contribution >= 4 is 17.8 Å². The first kappa shape index (κ1) is 14.1. The van der Waals surface area contributed by atoms with Crippen LogP contribution in [-0.4, -0.2) is 24.5 Å². The molecule has 1 amide bonds. The minimum Gasteiger partial charge on any atom is -0.460 e. The third-order valence-corrected chi connectivity index (χ3v) is 1.46. The summed E-state index contributed by atoms with van der Waals surface area (Å²) in [6, 6.07) is 0. The molecule has 7 heteroatoms. The lowest BCUT2D eigenvalue weighted by Crippen LogP contribution is -2.30. The lowest BCUT2D eigenvalue weighted by Gasteiger charge is -2.05. The van der Waals surface area contributed by atoms with E-state index in [1.807, 2.05) is 5.43 Å². The van der Waals surface area contributed by atoms with Crippen LogP contribution in [0.3, 0.4) is 0 Å². The summed E-state index contributed by atoms with van der Waals surface area (Å²) >= 11 is 0. The van der Waals surface area contributed by atoms with Crippen LogP contribution in [-0.2, 0) is 23.9 Å². The van der Waals surface area contributed by atoms with Crippen LogP contribution in [0, 0.1) is 0 Å². The van der Waals surface area contributed by atoms with Gasteiger partial charge in [0.25, 0.3) is 0 Å². The molecule has 0 aromatic rings. The molecule has 0 bridgehead atoms. The molecule has 90 valence electrons. The molecule has 0 spiro atoms. The average molecular weight is 230 g/mol. The maximum Gasteiger partial charge on any atom is 0.373 e. The fourth-order valence-corrected chi connectivity index (χ4v) is 0.729. The summed E-state index contributed by atoms with van der Waals surface area (Å²) in [4.78, 5) is 32.7. The van der Waals surface area contributed by atoms with E-state index in [1.165, 1.54) is 0 Å². The Morgan fingerprint density at radius 1 is 1.31 bits per heavy atom. The number of hydrogen-bond acceptors (Lipinski definition) is 6. The second kappa shape index (κ2) is 7.41. The Kier molecular flexibility index (Phi) is 6.53. The number of carbonyl (C=O) groups excluding carboxylic acids is 3. The summed E-state index contributed by atoms with van der Waals surface area (Å²) in [5.41, 5.74) is 1.86. The molecule has 0 rings (SSSR count). The van der Waals surface area contributed by atoms with Crippen molar-refractivity contribution in [2.75, 3.05) is 6.61 Å². The highest BCUT2D eigenvalue weighted by Crippen LogP contribution is 2.01. The van der Waals surface area contributed by atoms with Crippen LogP contribution in [0.1, 0.15) is 19.8 Å². The van der Waals surface area contributed by atoms with Crippen molar-refractivity contribution in [3.63, 3.8) is 0 Å². The van der Waals surface area contributed by atoms with Crippen molar-refractivity contribution in [2.24, 2.45) is 5.84 Å². The topological polar surface area (TPSA) is 108 Å². The molecular formula is C9H14N2O5. The summed E-state index contributed by atoms with van der Waals surface area (Å²) in [7, 11) is 0. The molecule has 0 unspecified atom stereocenters. The zero-order chi connectivity index (χ0) is 12.6. The predicted octanol–water partition coefficient (Wildman–Crippen LogP) is -0.623. The standard InChI is InChI=1S/C9H14N2O5/c1-3-15-9(14)6(2)16-8(13)5-4-7(12)11-10/h2-5,10H2,1H3,(H,11,12). The lowest BCUT2D eigenvalue weighted by molar-refractivity contribution is -0.151. The Hall–Kier alpha value is -1.89. The second-order valence-electron chi connectivity index (χ2n) is 2.69. The third-order valence-electron chi connectivity index (χ3n) is 1.46. The fraction of sp³-hybridized carbons (Fsp3) is 0.444. The number of hydrogen-bond donors (Lipinski definition) is 2. The number of nitrogens with one attached hydrogen (secondary N) is 1. The van der Waals surface area contributed by atoms with Gasteiger partial charge in [-0.1, -0.05) is 0 Å². The van der Waals surface area contributed by atoms with Crippen molar-refractivity contribution in [3.05, 3.63) is 12.3 Å². The van der Waals surface area contributed by atoms with Crippen molar-refractivity contribution in [1.29, 1.82) is 0 Å². The molecular weight excluding hydrogens is 216 g/mol. The number of rotatable bonds is 6. The average Bonchev–Trinajstić information content (AvgIpc) is 2.26. The monoisotopic (exact) mass is 230 g/mol. The van der Waals surface area contributed by atoms with Crippen LogP contribution in [0.2, 0.25) is 0 Å². The summed E-state index contributed by atoms with van der Waals surface area (Å²) in [5.74, 6) is 2.35. The van der Waals surface area contributed by atoms with Gasteiger partial charge < -0.3 is 9.47 Å². The summed E-state index contributed by atoms with van der Waals surface area (Å²) in [6.07, 6.45) is -0.313. The van der Waals surface area contributed by atoms with Crippen molar-refractivity contribution in [1.82, 2.24) is 5.43 Å². The molecule has 0 saturated heterocycles. The van der Waals surface area contributed by atoms with E-state index in [4.69, 9.17) is 5.84 Å². The van der Waals surface area contributed by atoms with Gasteiger partial charge in [0.1, 0.15) is 0 Å². The van der Waals surface area contributed by atoms with Gasteiger partial charge in [-0.3, -0.25) is 15.0 Å². The number of amides is 1. The van der Waals surface area contributed by atoms with Crippen molar-refractivity contribution < 1.29 is 23.9 Å². The van der Waals surface area contributed by atoms with Gasteiger partial charge in [-0.15, -0.1) is 0 Å². The van der Waals surface area contributed by atoms with Gasteiger partial charge in [0.05, 0.1) is 13.0 Å². The Bertz CT molecular complexity index is 300. The molecule has 0 saturated carbocycles. The van der Waals surface area contributed by atoms with Gasteiger partial charge >= 0.3 is 11.9 Å². The van der Waals surface area contributed by atoms with E-state index in [-0.39, 0.29) is 19.4 Å². The van der Waals surface area contributed by atoms with E-state index in [0.717, 1.165) is 0 Å². The summed E-state index contributed by atoms with van der Waals surface area (Å²) < 4.78 is 9.07. The zero-order valence-electron chi connectivity index (χ0n) is 8.95. The number of hydrazine groups is 1. The Balaban J connectivity index is 3.91. The minimum absolute atomic E-state index is 0.120. The normalized spacial score (nSPS) is 9.12.